The molecule has 0 bridgehead atoms. The molecule has 0 aliphatic carbocycles. The molecule has 2 aromatic rings. The van der Waals surface area contributed by atoms with Crippen LogP contribution in [-0.2, 0) is 0 Å². The van der Waals surface area contributed by atoms with Gasteiger partial charge in [-0.3, -0.25) is 0 Å². The second-order valence-electron chi connectivity index (χ2n) is 6.75. The van der Waals surface area contributed by atoms with E-state index in [9.17, 15) is 0 Å². The number of anilines is 1. The van der Waals surface area contributed by atoms with Crippen molar-refractivity contribution >= 4 is 18.1 Å². The van der Waals surface area contributed by atoms with Crippen molar-refractivity contribution in [3.05, 3.63) is 47.5 Å². The molecule has 0 radical (unpaired) electrons. The zero-order valence-corrected chi connectivity index (χ0v) is 17.2. The number of rotatable bonds is 5. The summed E-state index contributed by atoms with van der Waals surface area (Å²) in [4.78, 5) is 2.35. The van der Waals surface area contributed by atoms with Crippen molar-refractivity contribution < 1.29 is 14.2 Å². The fourth-order valence-corrected chi connectivity index (χ4v) is 3.79. The summed E-state index contributed by atoms with van der Waals surface area (Å²) in [5.74, 6) is 2.25. The van der Waals surface area contributed by atoms with Gasteiger partial charge in [0.05, 0.1) is 21.3 Å². The van der Waals surface area contributed by atoms with Gasteiger partial charge in [-0.05, 0) is 24.5 Å². The summed E-state index contributed by atoms with van der Waals surface area (Å²) >= 11 is 0. The highest BCUT2D eigenvalue weighted by Gasteiger charge is 2.30. The molecule has 2 aromatic carbocycles. The topological polar surface area (TPSA) is 57.0 Å². The van der Waals surface area contributed by atoms with Crippen LogP contribution in [0.5, 0.6) is 17.2 Å². The summed E-state index contributed by atoms with van der Waals surface area (Å²) < 4.78 is 16.4. The average molecular weight is 393 g/mol. The summed E-state index contributed by atoms with van der Waals surface area (Å²) in [7, 11) is 4.90. The third kappa shape index (κ3) is 4.25. The first-order chi connectivity index (χ1) is 12.6. The molecule has 3 rings (SSSR count). The fourth-order valence-electron chi connectivity index (χ4n) is 3.79. The van der Waals surface area contributed by atoms with Crippen molar-refractivity contribution in [2.75, 3.05) is 39.3 Å². The van der Waals surface area contributed by atoms with Gasteiger partial charge in [0.15, 0.2) is 11.5 Å². The third-order valence-corrected chi connectivity index (χ3v) is 5.27. The Morgan fingerprint density at radius 3 is 2.19 bits per heavy atom. The molecule has 2 N–H and O–H groups in total. The van der Waals surface area contributed by atoms with E-state index >= 15 is 0 Å². The molecule has 1 saturated heterocycles. The van der Waals surface area contributed by atoms with Gasteiger partial charge in [0, 0.05) is 42.9 Å². The van der Waals surface area contributed by atoms with Crippen LogP contribution in [0.25, 0.3) is 0 Å². The fraction of sp³-hybridized carbons (Fsp3) is 0.429. The summed E-state index contributed by atoms with van der Waals surface area (Å²) in [5.41, 5.74) is 10.2. The first-order valence-corrected chi connectivity index (χ1v) is 8.95. The third-order valence-electron chi connectivity index (χ3n) is 5.27. The molecule has 2 unspecified atom stereocenters. The van der Waals surface area contributed by atoms with Gasteiger partial charge in [-0.15, -0.1) is 12.4 Å². The highest BCUT2D eigenvalue weighted by molar-refractivity contribution is 5.85. The SMILES string of the molecule is COc1cc(N2CCC(N)C(c3ccccc3C)C2)cc(OC)c1OC.Cl. The standard InChI is InChI=1S/C21H28N2O3.ClH/c1-14-7-5-6-8-16(14)17-13-23(10-9-18(17)22)15-11-19(24-2)21(26-4)20(12-15)25-3;/h5-8,11-12,17-18H,9-10,13,22H2,1-4H3;1H. The predicted octanol–water partition coefficient (Wildman–Crippen LogP) is 3.76. The molecule has 0 amide bonds. The van der Waals surface area contributed by atoms with Crippen LogP contribution in [0.3, 0.4) is 0 Å². The number of hydrogen-bond acceptors (Lipinski definition) is 5. The number of halogens is 1. The molecule has 1 aliphatic rings. The van der Waals surface area contributed by atoms with Gasteiger partial charge in [0.2, 0.25) is 5.75 Å². The molecule has 27 heavy (non-hydrogen) atoms. The average Bonchev–Trinajstić information content (AvgIpc) is 2.67. The Morgan fingerprint density at radius 1 is 1.00 bits per heavy atom. The second-order valence-corrected chi connectivity index (χ2v) is 6.75. The van der Waals surface area contributed by atoms with Gasteiger partial charge in [0.1, 0.15) is 0 Å². The number of ether oxygens (including phenoxy) is 3. The number of aryl methyl sites for hydroxylation is 1. The van der Waals surface area contributed by atoms with E-state index < -0.39 is 0 Å². The van der Waals surface area contributed by atoms with Crippen molar-refractivity contribution in [2.45, 2.75) is 25.3 Å². The molecule has 2 atom stereocenters. The van der Waals surface area contributed by atoms with Crippen molar-refractivity contribution in [2.24, 2.45) is 5.73 Å². The van der Waals surface area contributed by atoms with Crippen molar-refractivity contribution in [1.29, 1.82) is 0 Å². The first kappa shape index (κ1) is 21.2. The maximum absolute atomic E-state index is 6.48. The maximum Gasteiger partial charge on any atom is 0.203 e. The van der Waals surface area contributed by atoms with Gasteiger partial charge in [-0.2, -0.15) is 0 Å². The largest absolute Gasteiger partial charge is 0.493 e. The summed E-state index contributed by atoms with van der Waals surface area (Å²) in [6, 6.07) is 12.7. The minimum absolute atomic E-state index is 0. The van der Waals surface area contributed by atoms with Gasteiger partial charge >= 0.3 is 0 Å². The molecule has 148 valence electrons. The van der Waals surface area contributed by atoms with E-state index in [1.807, 2.05) is 12.1 Å². The Bertz CT molecular complexity index is 744. The molecule has 0 saturated carbocycles. The minimum atomic E-state index is 0. The Labute approximate surface area is 167 Å². The van der Waals surface area contributed by atoms with Crippen LogP contribution in [0.2, 0.25) is 0 Å². The molecule has 0 spiro atoms. The monoisotopic (exact) mass is 392 g/mol. The van der Waals surface area contributed by atoms with Crippen molar-refractivity contribution in [3.63, 3.8) is 0 Å². The molecular formula is C21H29ClN2O3. The minimum Gasteiger partial charge on any atom is -0.493 e. The van der Waals surface area contributed by atoms with Crippen LogP contribution in [0.4, 0.5) is 5.69 Å². The molecular weight excluding hydrogens is 364 g/mol. The smallest absolute Gasteiger partial charge is 0.203 e. The lowest BCUT2D eigenvalue weighted by atomic mass is 9.84. The summed E-state index contributed by atoms with van der Waals surface area (Å²) in [6.45, 7) is 3.92. The Morgan fingerprint density at radius 2 is 1.63 bits per heavy atom. The van der Waals surface area contributed by atoms with E-state index in [-0.39, 0.29) is 18.4 Å². The summed E-state index contributed by atoms with van der Waals surface area (Å²) in [5, 5.41) is 0. The van der Waals surface area contributed by atoms with Crippen LogP contribution >= 0.6 is 12.4 Å². The Balaban J connectivity index is 0.00000261. The number of nitrogens with two attached hydrogens (primary N) is 1. The molecule has 1 aliphatic heterocycles. The number of methoxy groups -OCH3 is 3. The van der Waals surface area contributed by atoms with E-state index in [0.717, 1.165) is 25.2 Å². The van der Waals surface area contributed by atoms with Gasteiger partial charge < -0.3 is 24.8 Å². The number of benzene rings is 2. The van der Waals surface area contributed by atoms with Crippen molar-refractivity contribution in [3.8, 4) is 17.2 Å². The van der Waals surface area contributed by atoms with Gasteiger partial charge in [-0.1, -0.05) is 24.3 Å². The van der Waals surface area contributed by atoms with Crippen LogP contribution in [0, 0.1) is 6.92 Å². The van der Waals surface area contributed by atoms with Crippen LogP contribution in [0.15, 0.2) is 36.4 Å². The lowest BCUT2D eigenvalue weighted by molar-refractivity contribution is 0.324. The van der Waals surface area contributed by atoms with Gasteiger partial charge in [-0.25, -0.2) is 0 Å². The first-order valence-electron chi connectivity index (χ1n) is 8.95. The highest BCUT2D eigenvalue weighted by atomic mass is 35.5. The van der Waals surface area contributed by atoms with Gasteiger partial charge in [0.25, 0.3) is 0 Å². The molecule has 1 fully saturated rings. The zero-order valence-electron chi connectivity index (χ0n) is 16.4. The summed E-state index contributed by atoms with van der Waals surface area (Å²) in [6.07, 6.45) is 0.940. The number of nitrogens with zero attached hydrogens (tertiary/aromatic N) is 1. The van der Waals surface area contributed by atoms with Crippen molar-refractivity contribution in [1.82, 2.24) is 0 Å². The number of piperidine rings is 1. The molecule has 1 heterocycles. The normalized spacial score (nSPS) is 19.2. The Hall–Kier alpha value is -2.11. The maximum atomic E-state index is 6.48. The predicted molar refractivity (Wildman–Crippen MR) is 112 cm³/mol. The lowest BCUT2D eigenvalue weighted by Crippen LogP contribution is -2.46. The van der Waals surface area contributed by atoms with E-state index in [1.54, 1.807) is 21.3 Å². The molecule has 6 heteroatoms. The second kappa shape index (κ2) is 9.20. The van der Waals surface area contributed by atoms with Crippen LogP contribution in [0.1, 0.15) is 23.5 Å². The van der Waals surface area contributed by atoms with E-state index in [0.29, 0.717) is 23.2 Å². The van der Waals surface area contributed by atoms with Crippen LogP contribution in [-0.4, -0.2) is 40.5 Å². The van der Waals surface area contributed by atoms with E-state index in [1.165, 1.54) is 11.1 Å². The Kier molecular flexibility index (Phi) is 7.22. The van der Waals surface area contributed by atoms with E-state index in [4.69, 9.17) is 19.9 Å². The molecule has 0 aromatic heterocycles. The highest BCUT2D eigenvalue weighted by Crippen LogP contribution is 2.42. The van der Waals surface area contributed by atoms with E-state index in [2.05, 4.69) is 36.1 Å². The quantitative estimate of drug-likeness (QED) is 0.839. The zero-order chi connectivity index (χ0) is 18.7. The lowest BCUT2D eigenvalue weighted by Gasteiger charge is -2.39. The number of hydrogen-bond donors (Lipinski definition) is 1. The molecule has 5 nitrogen and oxygen atoms in total. The van der Waals surface area contributed by atoms with Crippen LogP contribution < -0.4 is 24.8 Å².